The van der Waals surface area contributed by atoms with Crippen molar-refractivity contribution in [3.8, 4) is 0 Å². The molecule has 0 aliphatic carbocycles. The van der Waals surface area contributed by atoms with Crippen LogP contribution in [0.1, 0.15) is 36.6 Å². The van der Waals surface area contributed by atoms with Crippen molar-refractivity contribution in [1.29, 1.82) is 0 Å². The third-order valence-corrected chi connectivity index (χ3v) is 4.02. The molecule has 1 aliphatic rings. The molecule has 3 rings (SSSR count). The quantitative estimate of drug-likeness (QED) is 0.922. The van der Waals surface area contributed by atoms with Crippen molar-refractivity contribution in [3.63, 3.8) is 0 Å². The molecule has 0 unspecified atom stereocenters. The molecule has 1 fully saturated rings. The second kappa shape index (κ2) is 7.13. The van der Waals surface area contributed by atoms with Crippen LogP contribution >= 0.6 is 0 Å². The lowest BCUT2D eigenvalue weighted by atomic mass is 10.0. The highest BCUT2D eigenvalue weighted by atomic mass is 16.3. The molecule has 2 aromatic rings. The number of rotatable bonds is 5. The zero-order chi connectivity index (χ0) is 16.1. The van der Waals surface area contributed by atoms with Crippen LogP contribution in [0, 0.1) is 0 Å². The van der Waals surface area contributed by atoms with E-state index in [1.54, 1.807) is 17.2 Å². The van der Waals surface area contributed by atoms with Gasteiger partial charge < -0.3 is 14.6 Å². The maximum Gasteiger partial charge on any atom is 0.240 e. The van der Waals surface area contributed by atoms with Crippen LogP contribution in [0.15, 0.2) is 53.1 Å². The highest BCUT2D eigenvalue weighted by molar-refractivity contribution is 5.85. The second-order valence-electron chi connectivity index (χ2n) is 5.70. The first-order valence-electron chi connectivity index (χ1n) is 7.89. The molecule has 5 heteroatoms. The summed E-state index contributed by atoms with van der Waals surface area (Å²) in [5.74, 6) is 0.556. The number of hydrogen-bond donors (Lipinski definition) is 1. The number of nitrogens with one attached hydrogen (secondary N) is 1. The number of nitrogens with zero attached hydrogens (tertiary/aromatic N) is 1. The van der Waals surface area contributed by atoms with Gasteiger partial charge in [0, 0.05) is 13.0 Å². The molecule has 23 heavy (non-hydrogen) atoms. The summed E-state index contributed by atoms with van der Waals surface area (Å²) in [7, 11) is 0. The molecule has 0 bridgehead atoms. The third kappa shape index (κ3) is 3.80. The molecular weight excluding hydrogens is 292 g/mol. The van der Waals surface area contributed by atoms with Gasteiger partial charge in [-0.1, -0.05) is 30.3 Å². The molecule has 1 saturated heterocycles. The summed E-state index contributed by atoms with van der Waals surface area (Å²) in [6.07, 6.45) is 3.99. The van der Waals surface area contributed by atoms with Crippen molar-refractivity contribution in [3.05, 3.63) is 60.1 Å². The summed E-state index contributed by atoms with van der Waals surface area (Å²) in [5.41, 5.74) is 0.945. The normalized spacial score (nSPS) is 16.2. The SMILES string of the molecule is O=C(CN1CCCCC1=O)N[C@@H](c1ccccc1)c1ccco1. The van der Waals surface area contributed by atoms with Crippen molar-refractivity contribution in [2.24, 2.45) is 0 Å². The Morgan fingerprint density at radius 2 is 2.00 bits per heavy atom. The molecule has 5 nitrogen and oxygen atoms in total. The monoisotopic (exact) mass is 312 g/mol. The number of amides is 2. The molecule has 2 heterocycles. The van der Waals surface area contributed by atoms with Crippen LogP contribution in [0.4, 0.5) is 0 Å². The summed E-state index contributed by atoms with van der Waals surface area (Å²) < 4.78 is 5.47. The predicted octanol–water partition coefficient (Wildman–Crippen LogP) is 2.50. The Balaban J connectivity index is 1.71. The van der Waals surface area contributed by atoms with Gasteiger partial charge in [-0.3, -0.25) is 9.59 Å². The average Bonchev–Trinajstić information content (AvgIpc) is 3.10. The minimum absolute atomic E-state index is 0.0562. The topological polar surface area (TPSA) is 62.6 Å². The van der Waals surface area contributed by atoms with E-state index in [1.807, 2.05) is 36.4 Å². The van der Waals surface area contributed by atoms with E-state index in [4.69, 9.17) is 4.42 Å². The lowest BCUT2D eigenvalue weighted by Crippen LogP contribution is -2.43. The van der Waals surface area contributed by atoms with Gasteiger partial charge in [0.1, 0.15) is 11.8 Å². The van der Waals surface area contributed by atoms with Gasteiger partial charge in [0.15, 0.2) is 0 Å². The summed E-state index contributed by atoms with van der Waals surface area (Å²) >= 11 is 0. The molecule has 1 aromatic carbocycles. The minimum Gasteiger partial charge on any atom is -0.467 e. The summed E-state index contributed by atoms with van der Waals surface area (Å²) in [4.78, 5) is 25.9. The van der Waals surface area contributed by atoms with Crippen LogP contribution in [0.25, 0.3) is 0 Å². The highest BCUT2D eigenvalue weighted by Crippen LogP contribution is 2.22. The first kappa shape index (κ1) is 15.3. The van der Waals surface area contributed by atoms with Crippen molar-refractivity contribution in [2.75, 3.05) is 13.1 Å². The van der Waals surface area contributed by atoms with Crippen LogP contribution in [-0.2, 0) is 9.59 Å². The molecule has 0 saturated carbocycles. The summed E-state index contributed by atoms with van der Waals surface area (Å²) in [6.45, 7) is 0.756. The van der Waals surface area contributed by atoms with Gasteiger partial charge in [0.25, 0.3) is 0 Å². The van der Waals surface area contributed by atoms with Gasteiger partial charge in [0.05, 0.1) is 12.8 Å². The van der Waals surface area contributed by atoms with Crippen LogP contribution in [0.3, 0.4) is 0 Å². The largest absolute Gasteiger partial charge is 0.467 e. The Bertz CT molecular complexity index is 652. The molecule has 1 aliphatic heterocycles. The fourth-order valence-corrected chi connectivity index (χ4v) is 2.83. The Hall–Kier alpha value is -2.56. The van der Waals surface area contributed by atoms with Gasteiger partial charge in [-0.2, -0.15) is 0 Å². The zero-order valence-corrected chi connectivity index (χ0v) is 12.9. The number of likely N-dealkylation sites (tertiary alicyclic amines) is 1. The smallest absolute Gasteiger partial charge is 0.240 e. The summed E-state index contributed by atoms with van der Waals surface area (Å²) in [5, 5.41) is 2.98. The summed E-state index contributed by atoms with van der Waals surface area (Å²) in [6, 6.07) is 12.9. The van der Waals surface area contributed by atoms with E-state index in [-0.39, 0.29) is 24.4 Å². The predicted molar refractivity (Wildman–Crippen MR) is 85.6 cm³/mol. The van der Waals surface area contributed by atoms with E-state index in [2.05, 4.69) is 5.32 Å². The van der Waals surface area contributed by atoms with Gasteiger partial charge in [-0.05, 0) is 30.5 Å². The lowest BCUT2D eigenvalue weighted by molar-refractivity contribution is -0.138. The standard InChI is InChI=1S/C18H20N2O3/c21-16(13-20-11-5-4-10-17(20)22)19-18(15-9-6-12-23-15)14-7-2-1-3-8-14/h1-3,6-9,12,18H,4-5,10-11,13H2,(H,19,21)/t18-/m0/s1. The fraction of sp³-hybridized carbons (Fsp3) is 0.333. The molecular formula is C18H20N2O3. The Labute approximate surface area is 135 Å². The number of piperidine rings is 1. The van der Waals surface area contributed by atoms with E-state index in [1.165, 1.54) is 0 Å². The number of furan rings is 1. The molecule has 0 radical (unpaired) electrons. The van der Waals surface area contributed by atoms with Gasteiger partial charge >= 0.3 is 0 Å². The number of benzene rings is 1. The molecule has 1 aromatic heterocycles. The van der Waals surface area contributed by atoms with Gasteiger partial charge in [-0.25, -0.2) is 0 Å². The zero-order valence-electron chi connectivity index (χ0n) is 12.9. The van der Waals surface area contributed by atoms with Gasteiger partial charge in [-0.15, -0.1) is 0 Å². The van der Waals surface area contributed by atoms with Crippen LogP contribution in [0.2, 0.25) is 0 Å². The molecule has 1 atom stereocenters. The van der Waals surface area contributed by atoms with Crippen molar-refractivity contribution in [1.82, 2.24) is 10.2 Å². The first-order chi connectivity index (χ1) is 11.2. The van der Waals surface area contributed by atoms with Crippen molar-refractivity contribution < 1.29 is 14.0 Å². The van der Waals surface area contributed by atoms with Gasteiger partial charge in [0.2, 0.25) is 11.8 Å². The maximum atomic E-state index is 12.4. The van der Waals surface area contributed by atoms with E-state index in [0.29, 0.717) is 18.7 Å². The molecule has 0 spiro atoms. The number of carbonyl (C=O) groups excluding carboxylic acids is 2. The van der Waals surface area contributed by atoms with Crippen molar-refractivity contribution >= 4 is 11.8 Å². The van der Waals surface area contributed by atoms with E-state index < -0.39 is 0 Å². The van der Waals surface area contributed by atoms with Crippen LogP contribution < -0.4 is 5.32 Å². The number of carbonyl (C=O) groups is 2. The third-order valence-electron chi connectivity index (χ3n) is 4.02. The molecule has 1 N–H and O–H groups in total. The fourth-order valence-electron chi connectivity index (χ4n) is 2.83. The lowest BCUT2D eigenvalue weighted by Gasteiger charge is -2.27. The number of hydrogen-bond acceptors (Lipinski definition) is 3. The Morgan fingerprint density at radius 1 is 1.17 bits per heavy atom. The highest BCUT2D eigenvalue weighted by Gasteiger charge is 2.24. The average molecular weight is 312 g/mol. The Kier molecular flexibility index (Phi) is 4.76. The Morgan fingerprint density at radius 3 is 2.70 bits per heavy atom. The van der Waals surface area contributed by atoms with E-state index >= 15 is 0 Å². The minimum atomic E-state index is -0.349. The van der Waals surface area contributed by atoms with E-state index in [0.717, 1.165) is 18.4 Å². The van der Waals surface area contributed by atoms with Crippen LogP contribution in [-0.4, -0.2) is 29.8 Å². The maximum absolute atomic E-state index is 12.4. The van der Waals surface area contributed by atoms with Crippen molar-refractivity contribution in [2.45, 2.75) is 25.3 Å². The molecule has 2 amide bonds. The second-order valence-corrected chi connectivity index (χ2v) is 5.70. The molecule has 120 valence electrons. The van der Waals surface area contributed by atoms with E-state index in [9.17, 15) is 9.59 Å². The first-order valence-corrected chi connectivity index (χ1v) is 7.89. The van der Waals surface area contributed by atoms with Crippen LogP contribution in [0.5, 0.6) is 0 Å².